The number of nitrogens with one attached hydrogen (secondary N) is 2. The number of carbonyl (C=O) groups is 1. The van der Waals surface area contributed by atoms with Crippen LogP contribution in [0.3, 0.4) is 0 Å². The number of hydrogen-bond acceptors (Lipinski definition) is 2. The smallest absolute Gasteiger partial charge is 0.319 e. The van der Waals surface area contributed by atoms with Crippen LogP contribution in [0.1, 0.15) is 32.1 Å². The highest BCUT2D eigenvalue weighted by Gasteiger charge is 2.34. The number of hydrogen-bond donors (Lipinski definition) is 2. The fourth-order valence-corrected chi connectivity index (χ4v) is 3.17. The van der Waals surface area contributed by atoms with Crippen molar-refractivity contribution in [3.8, 4) is 0 Å². The predicted molar refractivity (Wildman–Crippen MR) is 87.9 cm³/mol. The van der Waals surface area contributed by atoms with Crippen LogP contribution in [0.5, 0.6) is 0 Å². The van der Waals surface area contributed by atoms with Gasteiger partial charge in [-0.05, 0) is 45.1 Å². The van der Waals surface area contributed by atoms with Crippen LogP contribution < -0.4 is 10.6 Å². The maximum Gasteiger partial charge on any atom is 0.319 e. The molecule has 2 N–H and O–H groups in total. The van der Waals surface area contributed by atoms with E-state index in [1.165, 1.54) is 37.5 Å². The van der Waals surface area contributed by atoms with Crippen LogP contribution >= 0.6 is 11.6 Å². The Bertz CT molecular complexity index is 530. The first-order valence-corrected chi connectivity index (χ1v) is 7.98. The molecule has 0 atom stereocenters. The number of nitrogens with zero attached hydrogens (tertiary/aromatic N) is 1. The fraction of sp³-hybridized carbons (Fsp3) is 0.562. The van der Waals surface area contributed by atoms with E-state index in [1.807, 2.05) is 14.1 Å². The van der Waals surface area contributed by atoms with Crippen molar-refractivity contribution in [2.24, 2.45) is 0 Å². The Kier molecular flexibility index (Phi) is 5.64. The monoisotopic (exact) mass is 327 g/mol. The second-order valence-electron chi connectivity index (χ2n) is 6.11. The molecule has 0 unspecified atom stereocenters. The minimum Gasteiger partial charge on any atom is -0.336 e. The maximum atomic E-state index is 13.6. The van der Waals surface area contributed by atoms with Gasteiger partial charge in [0.15, 0.2) is 0 Å². The number of halogens is 2. The molecule has 0 bridgehead atoms. The van der Waals surface area contributed by atoms with Crippen LogP contribution in [0.4, 0.5) is 14.9 Å². The first kappa shape index (κ1) is 17.0. The lowest BCUT2D eigenvalue weighted by Crippen LogP contribution is -2.54. The molecule has 6 heteroatoms. The molecule has 2 amide bonds. The van der Waals surface area contributed by atoms with Crippen molar-refractivity contribution in [1.82, 2.24) is 10.2 Å². The molecule has 0 aromatic heterocycles. The summed E-state index contributed by atoms with van der Waals surface area (Å²) in [5.41, 5.74) is 0.0789. The molecule has 22 heavy (non-hydrogen) atoms. The van der Waals surface area contributed by atoms with E-state index in [4.69, 9.17) is 11.6 Å². The van der Waals surface area contributed by atoms with E-state index in [0.29, 0.717) is 11.6 Å². The highest BCUT2D eigenvalue weighted by molar-refractivity contribution is 6.30. The van der Waals surface area contributed by atoms with Gasteiger partial charge in [-0.2, -0.15) is 0 Å². The van der Waals surface area contributed by atoms with Crippen LogP contribution in [0, 0.1) is 5.82 Å². The van der Waals surface area contributed by atoms with Gasteiger partial charge in [-0.25, -0.2) is 9.18 Å². The zero-order valence-electron chi connectivity index (χ0n) is 13.1. The largest absolute Gasteiger partial charge is 0.336 e. The van der Waals surface area contributed by atoms with E-state index in [0.717, 1.165) is 12.8 Å². The van der Waals surface area contributed by atoms with E-state index in [2.05, 4.69) is 15.5 Å². The summed E-state index contributed by atoms with van der Waals surface area (Å²) in [5, 5.41) is 5.77. The predicted octanol–water partition coefficient (Wildman–Crippen LogP) is 3.87. The third-order valence-corrected chi connectivity index (χ3v) is 4.72. The molecular weight excluding hydrogens is 305 g/mol. The number of carbonyl (C=O) groups excluding carboxylic acids is 1. The quantitative estimate of drug-likeness (QED) is 0.881. The minimum atomic E-state index is -0.500. The summed E-state index contributed by atoms with van der Waals surface area (Å²) in [6.45, 7) is 0.550. The molecule has 1 aromatic carbocycles. The van der Waals surface area contributed by atoms with Gasteiger partial charge in [-0.3, -0.25) is 0 Å². The van der Waals surface area contributed by atoms with Crippen LogP contribution in [-0.2, 0) is 0 Å². The highest BCUT2D eigenvalue weighted by atomic mass is 35.5. The first-order valence-electron chi connectivity index (χ1n) is 7.60. The van der Waals surface area contributed by atoms with Crippen molar-refractivity contribution in [3.05, 3.63) is 29.0 Å². The molecule has 122 valence electrons. The average molecular weight is 328 g/mol. The Labute approximate surface area is 136 Å². The Morgan fingerprint density at radius 2 is 2.00 bits per heavy atom. The number of benzene rings is 1. The van der Waals surface area contributed by atoms with Gasteiger partial charge in [0, 0.05) is 17.1 Å². The Balaban J connectivity index is 1.95. The second kappa shape index (κ2) is 7.29. The molecule has 2 rings (SSSR count). The molecule has 1 fully saturated rings. The van der Waals surface area contributed by atoms with Crippen molar-refractivity contribution in [2.75, 3.05) is 26.0 Å². The van der Waals surface area contributed by atoms with E-state index in [1.54, 1.807) is 0 Å². The zero-order chi connectivity index (χ0) is 16.2. The molecule has 1 aliphatic rings. The van der Waals surface area contributed by atoms with Crippen molar-refractivity contribution < 1.29 is 9.18 Å². The molecule has 1 aromatic rings. The zero-order valence-corrected chi connectivity index (χ0v) is 13.8. The number of rotatable bonds is 4. The molecule has 1 saturated carbocycles. The Hall–Kier alpha value is -1.33. The topological polar surface area (TPSA) is 44.4 Å². The fourth-order valence-electron chi connectivity index (χ4n) is 3.00. The molecular formula is C16H23ClFN3O. The van der Waals surface area contributed by atoms with Gasteiger partial charge in [-0.1, -0.05) is 30.9 Å². The standard InChI is InChI=1S/C16H23ClFN3O/c1-21(2)16(8-4-3-5-9-16)11-19-15(22)20-14-10-12(17)6-7-13(14)18/h6-7,10H,3-5,8-9,11H2,1-2H3,(H2,19,20,22). The van der Waals surface area contributed by atoms with E-state index >= 15 is 0 Å². The van der Waals surface area contributed by atoms with Gasteiger partial charge in [0.1, 0.15) is 5.82 Å². The normalized spacial score (nSPS) is 17.3. The van der Waals surface area contributed by atoms with Crippen LogP contribution in [0.25, 0.3) is 0 Å². The minimum absolute atomic E-state index is 0.0114. The third kappa shape index (κ3) is 4.11. The number of urea groups is 1. The lowest BCUT2D eigenvalue weighted by atomic mass is 9.80. The number of amides is 2. The van der Waals surface area contributed by atoms with Crippen LogP contribution in [-0.4, -0.2) is 37.1 Å². The van der Waals surface area contributed by atoms with Crippen molar-refractivity contribution in [2.45, 2.75) is 37.6 Å². The van der Waals surface area contributed by atoms with Gasteiger partial charge in [0.25, 0.3) is 0 Å². The molecule has 1 aliphatic carbocycles. The molecule has 0 saturated heterocycles. The van der Waals surface area contributed by atoms with E-state index < -0.39 is 11.8 Å². The first-order chi connectivity index (χ1) is 10.4. The number of likely N-dealkylation sites (N-methyl/N-ethyl adjacent to an activating group) is 1. The summed E-state index contributed by atoms with van der Waals surface area (Å²) >= 11 is 5.82. The second-order valence-corrected chi connectivity index (χ2v) is 6.55. The molecule has 0 spiro atoms. The average Bonchev–Trinajstić information content (AvgIpc) is 2.50. The van der Waals surface area contributed by atoms with Crippen LogP contribution in [0.2, 0.25) is 5.02 Å². The van der Waals surface area contributed by atoms with Gasteiger partial charge in [0.2, 0.25) is 0 Å². The summed E-state index contributed by atoms with van der Waals surface area (Å²) in [6.07, 6.45) is 5.71. The third-order valence-electron chi connectivity index (χ3n) is 4.49. The van der Waals surface area contributed by atoms with Gasteiger partial charge >= 0.3 is 6.03 Å². The Morgan fingerprint density at radius 1 is 1.32 bits per heavy atom. The van der Waals surface area contributed by atoms with Crippen molar-refractivity contribution in [1.29, 1.82) is 0 Å². The van der Waals surface area contributed by atoms with Crippen LogP contribution in [0.15, 0.2) is 18.2 Å². The molecule has 4 nitrogen and oxygen atoms in total. The molecule has 0 heterocycles. The summed E-state index contributed by atoms with van der Waals surface area (Å²) in [6, 6.07) is 3.68. The lowest BCUT2D eigenvalue weighted by Gasteiger charge is -2.43. The summed E-state index contributed by atoms with van der Waals surface area (Å²) in [7, 11) is 4.09. The summed E-state index contributed by atoms with van der Waals surface area (Å²) < 4.78 is 13.6. The number of anilines is 1. The lowest BCUT2D eigenvalue weighted by molar-refractivity contribution is 0.101. The molecule has 0 aliphatic heterocycles. The van der Waals surface area contributed by atoms with Gasteiger partial charge < -0.3 is 15.5 Å². The van der Waals surface area contributed by atoms with Crippen molar-refractivity contribution in [3.63, 3.8) is 0 Å². The Morgan fingerprint density at radius 3 is 2.64 bits per heavy atom. The summed E-state index contributed by atoms with van der Waals surface area (Å²) in [4.78, 5) is 14.2. The summed E-state index contributed by atoms with van der Waals surface area (Å²) in [5.74, 6) is -0.500. The SMILES string of the molecule is CN(C)C1(CNC(=O)Nc2cc(Cl)ccc2F)CCCCC1. The highest BCUT2D eigenvalue weighted by Crippen LogP contribution is 2.31. The maximum absolute atomic E-state index is 13.6. The van der Waals surface area contributed by atoms with Crippen molar-refractivity contribution >= 4 is 23.3 Å². The molecule has 0 radical (unpaired) electrons. The van der Waals surface area contributed by atoms with E-state index in [9.17, 15) is 9.18 Å². The van der Waals surface area contributed by atoms with Gasteiger partial charge in [-0.15, -0.1) is 0 Å². The van der Waals surface area contributed by atoms with E-state index in [-0.39, 0.29) is 11.2 Å². The van der Waals surface area contributed by atoms with Gasteiger partial charge in [0.05, 0.1) is 5.69 Å².